The van der Waals surface area contributed by atoms with Gasteiger partial charge in [0.2, 0.25) is 0 Å². The van der Waals surface area contributed by atoms with Crippen LogP contribution in [0, 0.1) is 0 Å². The second-order valence-corrected chi connectivity index (χ2v) is 8.06. The maximum absolute atomic E-state index is 12.5. The Balaban J connectivity index is 1.84. The Bertz CT molecular complexity index is 804. The third kappa shape index (κ3) is 4.22. The number of fused-ring (bicyclic) bond motifs is 1. The van der Waals surface area contributed by atoms with E-state index in [1.807, 2.05) is 31.2 Å². The Morgan fingerprint density at radius 2 is 2.04 bits per heavy atom. The molecule has 1 heterocycles. The summed E-state index contributed by atoms with van der Waals surface area (Å²) in [5.41, 5.74) is 2.65. The summed E-state index contributed by atoms with van der Waals surface area (Å²) in [6, 6.07) is 7.75. The number of anilines is 2. The van der Waals surface area contributed by atoms with Crippen molar-refractivity contribution in [1.82, 2.24) is 0 Å². The number of halogens is 1. The molecular weight excluding hydrogens is 420 g/mol. The molecule has 4 nitrogen and oxygen atoms in total. The number of rotatable bonds is 4. The molecule has 7 heteroatoms. The molecule has 0 spiro atoms. The van der Waals surface area contributed by atoms with Crippen molar-refractivity contribution in [3.8, 4) is 0 Å². The molecule has 0 amide bonds. The fourth-order valence-electron chi connectivity index (χ4n) is 2.89. The monoisotopic (exact) mass is 438 g/mol. The first-order valence-electron chi connectivity index (χ1n) is 8.24. The van der Waals surface area contributed by atoms with E-state index in [-0.39, 0.29) is 5.97 Å². The van der Waals surface area contributed by atoms with E-state index in [0.29, 0.717) is 17.3 Å². The van der Waals surface area contributed by atoms with Crippen LogP contribution in [0.25, 0.3) is 0 Å². The molecule has 0 radical (unpaired) electrons. The molecule has 0 saturated heterocycles. The molecule has 0 fully saturated rings. The van der Waals surface area contributed by atoms with Crippen LogP contribution < -0.4 is 10.6 Å². The number of benzene rings is 1. The SMILES string of the molecule is CCOC(=O)c1c(NC(=S)Nc2ccccc2Br)sc2c1CCCC2. The van der Waals surface area contributed by atoms with E-state index < -0.39 is 0 Å². The lowest BCUT2D eigenvalue weighted by molar-refractivity contribution is 0.0526. The van der Waals surface area contributed by atoms with Crippen LogP contribution in [0.4, 0.5) is 10.7 Å². The lowest BCUT2D eigenvalue weighted by Gasteiger charge is -2.13. The normalized spacial score (nSPS) is 13.0. The van der Waals surface area contributed by atoms with Gasteiger partial charge < -0.3 is 15.4 Å². The molecule has 0 unspecified atom stereocenters. The molecule has 0 bridgehead atoms. The number of hydrogen-bond donors (Lipinski definition) is 2. The van der Waals surface area contributed by atoms with Gasteiger partial charge in [-0.15, -0.1) is 11.3 Å². The fraction of sp³-hybridized carbons (Fsp3) is 0.333. The van der Waals surface area contributed by atoms with Crippen molar-refractivity contribution < 1.29 is 9.53 Å². The van der Waals surface area contributed by atoms with Crippen molar-refractivity contribution >= 4 is 61.3 Å². The van der Waals surface area contributed by atoms with Crippen molar-refractivity contribution in [1.29, 1.82) is 0 Å². The minimum absolute atomic E-state index is 0.270. The zero-order valence-electron chi connectivity index (χ0n) is 13.9. The number of carbonyl (C=O) groups excluding carboxylic acids is 1. The van der Waals surface area contributed by atoms with Crippen LogP contribution >= 0.6 is 39.5 Å². The van der Waals surface area contributed by atoms with Crippen molar-refractivity contribution in [2.75, 3.05) is 17.2 Å². The summed E-state index contributed by atoms with van der Waals surface area (Å²) < 4.78 is 6.19. The summed E-state index contributed by atoms with van der Waals surface area (Å²) in [6.45, 7) is 2.19. The van der Waals surface area contributed by atoms with Gasteiger partial charge in [0.1, 0.15) is 5.00 Å². The Morgan fingerprint density at radius 1 is 1.28 bits per heavy atom. The van der Waals surface area contributed by atoms with Gasteiger partial charge in [-0.2, -0.15) is 0 Å². The van der Waals surface area contributed by atoms with Crippen LogP contribution in [0.5, 0.6) is 0 Å². The number of nitrogens with one attached hydrogen (secondary N) is 2. The van der Waals surface area contributed by atoms with Gasteiger partial charge >= 0.3 is 5.97 Å². The molecule has 1 aromatic carbocycles. The van der Waals surface area contributed by atoms with E-state index in [2.05, 4.69) is 26.6 Å². The fourth-order valence-corrected chi connectivity index (χ4v) is 4.83. The number of esters is 1. The molecule has 1 aromatic heterocycles. The molecular formula is C18H19BrN2O2S2. The highest BCUT2D eigenvalue weighted by molar-refractivity contribution is 9.10. The van der Waals surface area contributed by atoms with E-state index in [4.69, 9.17) is 17.0 Å². The molecule has 1 aliphatic rings. The highest BCUT2D eigenvalue weighted by atomic mass is 79.9. The summed E-state index contributed by atoms with van der Waals surface area (Å²) in [5.74, 6) is -0.270. The minimum atomic E-state index is -0.270. The first-order chi connectivity index (χ1) is 12.1. The summed E-state index contributed by atoms with van der Waals surface area (Å²) in [7, 11) is 0. The first-order valence-corrected chi connectivity index (χ1v) is 10.3. The molecule has 132 valence electrons. The summed E-state index contributed by atoms with van der Waals surface area (Å²) in [5, 5.41) is 7.59. The van der Waals surface area contributed by atoms with Crippen LogP contribution in [-0.4, -0.2) is 17.7 Å². The van der Waals surface area contributed by atoms with Crippen LogP contribution in [0.2, 0.25) is 0 Å². The van der Waals surface area contributed by atoms with Crippen LogP contribution in [0.3, 0.4) is 0 Å². The maximum Gasteiger partial charge on any atom is 0.341 e. The van der Waals surface area contributed by atoms with Crippen LogP contribution in [-0.2, 0) is 17.6 Å². The van der Waals surface area contributed by atoms with Gasteiger partial charge in [-0.05, 0) is 78.5 Å². The smallest absolute Gasteiger partial charge is 0.341 e. The van der Waals surface area contributed by atoms with Gasteiger partial charge in [-0.25, -0.2) is 4.79 Å². The number of para-hydroxylation sites is 1. The average molecular weight is 439 g/mol. The zero-order valence-corrected chi connectivity index (χ0v) is 17.1. The van der Waals surface area contributed by atoms with Crippen molar-refractivity contribution in [3.05, 3.63) is 44.7 Å². The Kier molecular flexibility index (Phi) is 6.09. The second-order valence-electron chi connectivity index (χ2n) is 5.69. The van der Waals surface area contributed by atoms with Crippen molar-refractivity contribution in [3.63, 3.8) is 0 Å². The molecule has 1 aliphatic carbocycles. The third-order valence-corrected chi connectivity index (χ3v) is 6.10. The summed E-state index contributed by atoms with van der Waals surface area (Å²) in [4.78, 5) is 13.7. The highest BCUT2D eigenvalue weighted by Crippen LogP contribution is 2.38. The van der Waals surface area contributed by atoms with E-state index in [9.17, 15) is 4.79 Å². The Morgan fingerprint density at radius 3 is 2.80 bits per heavy atom. The van der Waals surface area contributed by atoms with E-state index in [1.54, 1.807) is 11.3 Å². The van der Waals surface area contributed by atoms with Gasteiger partial charge in [0, 0.05) is 9.35 Å². The topological polar surface area (TPSA) is 50.4 Å². The molecule has 2 aromatic rings. The predicted molar refractivity (Wildman–Crippen MR) is 111 cm³/mol. The third-order valence-electron chi connectivity index (χ3n) is 4.00. The largest absolute Gasteiger partial charge is 0.462 e. The van der Waals surface area contributed by atoms with Crippen LogP contribution in [0.1, 0.15) is 40.6 Å². The van der Waals surface area contributed by atoms with Gasteiger partial charge in [0.05, 0.1) is 17.9 Å². The lowest BCUT2D eigenvalue weighted by Crippen LogP contribution is -2.20. The standard InChI is InChI=1S/C18H19BrN2O2S2/c1-2-23-17(22)15-11-7-3-6-10-14(11)25-16(15)21-18(24)20-13-9-5-4-8-12(13)19/h4-5,8-9H,2-3,6-7,10H2,1H3,(H2,20,21,24). The summed E-state index contributed by atoms with van der Waals surface area (Å²) in [6.07, 6.45) is 4.20. The molecule has 0 atom stereocenters. The van der Waals surface area contributed by atoms with Gasteiger partial charge in [0.25, 0.3) is 0 Å². The van der Waals surface area contributed by atoms with Gasteiger partial charge in [0.15, 0.2) is 5.11 Å². The zero-order chi connectivity index (χ0) is 17.8. The van der Waals surface area contributed by atoms with Crippen molar-refractivity contribution in [2.24, 2.45) is 0 Å². The predicted octanol–water partition coefficient (Wildman–Crippen LogP) is 5.38. The molecule has 0 saturated carbocycles. The number of hydrogen-bond acceptors (Lipinski definition) is 4. The molecule has 25 heavy (non-hydrogen) atoms. The number of ether oxygens (including phenoxy) is 1. The van der Waals surface area contributed by atoms with Gasteiger partial charge in [-0.1, -0.05) is 12.1 Å². The molecule has 0 aliphatic heterocycles. The number of thiophene rings is 1. The van der Waals surface area contributed by atoms with E-state index in [0.717, 1.165) is 46.4 Å². The number of thiocarbonyl (C=S) groups is 1. The Hall–Kier alpha value is -1.44. The number of carbonyl (C=O) groups is 1. The minimum Gasteiger partial charge on any atom is -0.462 e. The van der Waals surface area contributed by atoms with Crippen LogP contribution in [0.15, 0.2) is 28.7 Å². The number of aryl methyl sites for hydroxylation is 1. The van der Waals surface area contributed by atoms with Gasteiger partial charge in [-0.3, -0.25) is 0 Å². The second kappa shape index (κ2) is 8.29. The molecule has 2 N–H and O–H groups in total. The maximum atomic E-state index is 12.5. The first kappa shape index (κ1) is 18.4. The lowest BCUT2D eigenvalue weighted by atomic mass is 9.95. The summed E-state index contributed by atoms with van der Waals surface area (Å²) >= 11 is 10.5. The van der Waals surface area contributed by atoms with E-state index >= 15 is 0 Å². The van der Waals surface area contributed by atoms with E-state index in [1.165, 1.54) is 4.88 Å². The molecule has 3 rings (SSSR count). The van der Waals surface area contributed by atoms with Crippen molar-refractivity contribution in [2.45, 2.75) is 32.6 Å². The Labute approximate surface area is 165 Å². The quantitative estimate of drug-likeness (QED) is 0.495. The highest BCUT2D eigenvalue weighted by Gasteiger charge is 2.26. The average Bonchev–Trinajstić information content (AvgIpc) is 2.95.